The van der Waals surface area contributed by atoms with E-state index in [4.69, 9.17) is 17.4 Å². The molecule has 1 saturated carbocycles. The Bertz CT molecular complexity index is 438. The fraction of sp³-hybridized carbons (Fsp3) is 0.600. The van der Waals surface area contributed by atoms with Crippen molar-refractivity contribution in [1.82, 2.24) is 5.43 Å². The van der Waals surface area contributed by atoms with E-state index in [9.17, 15) is 4.39 Å². The van der Waals surface area contributed by atoms with Crippen molar-refractivity contribution in [3.8, 4) is 0 Å². The van der Waals surface area contributed by atoms with Gasteiger partial charge < -0.3 is 0 Å². The predicted octanol–water partition coefficient (Wildman–Crippen LogP) is 4.20. The second-order valence-corrected chi connectivity index (χ2v) is 6.75. The van der Waals surface area contributed by atoms with Crippen LogP contribution in [0.5, 0.6) is 0 Å². The van der Waals surface area contributed by atoms with E-state index in [1.54, 1.807) is 12.1 Å². The zero-order chi connectivity index (χ0) is 14.0. The lowest BCUT2D eigenvalue weighted by Crippen LogP contribution is -2.37. The number of halogens is 2. The van der Waals surface area contributed by atoms with E-state index in [-0.39, 0.29) is 11.9 Å². The van der Waals surface area contributed by atoms with E-state index in [2.05, 4.69) is 19.3 Å². The average molecular weight is 285 g/mol. The minimum absolute atomic E-state index is 0.131. The molecule has 0 bridgehead atoms. The highest BCUT2D eigenvalue weighted by Gasteiger charge is 2.32. The molecule has 2 nitrogen and oxygen atoms in total. The van der Waals surface area contributed by atoms with Crippen LogP contribution in [0.3, 0.4) is 0 Å². The molecule has 0 aliphatic heterocycles. The molecule has 0 spiro atoms. The minimum atomic E-state index is -0.278. The monoisotopic (exact) mass is 284 g/mol. The first kappa shape index (κ1) is 14.8. The van der Waals surface area contributed by atoms with Crippen LogP contribution in [0.4, 0.5) is 4.39 Å². The van der Waals surface area contributed by atoms with Crippen LogP contribution in [0.25, 0.3) is 0 Å². The van der Waals surface area contributed by atoms with Crippen LogP contribution in [-0.4, -0.2) is 0 Å². The highest BCUT2D eigenvalue weighted by Crippen LogP contribution is 2.43. The van der Waals surface area contributed by atoms with Crippen molar-refractivity contribution in [2.24, 2.45) is 17.2 Å². The molecular weight excluding hydrogens is 263 g/mol. The molecule has 3 N–H and O–H groups in total. The Morgan fingerprint density at radius 1 is 1.37 bits per heavy atom. The smallest absolute Gasteiger partial charge is 0.129 e. The molecule has 1 aliphatic carbocycles. The molecule has 1 aliphatic rings. The van der Waals surface area contributed by atoms with Crippen LogP contribution < -0.4 is 11.3 Å². The van der Waals surface area contributed by atoms with Gasteiger partial charge in [-0.2, -0.15) is 0 Å². The van der Waals surface area contributed by atoms with Gasteiger partial charge in [0.25, 0.3) is 0 Å². The number of nitrogens with two attached hydrogens (primary N) is 1. The van der Waals surface area contributed by atoms with Crippen molar-refractivity contribution in [1.29, 1.82) is 0 Å². The molecule has 1 unspecified atom stereocenters. The third kappa shape index (κ3) is 3.47. The van der Waals surface area contributed by atoms with Crippen molar-refractivity contribution in [2.75, 3.05) is 0 Å². The largest absolute Gasteiger partial charge is 0.271 e. The summed E-state index contributed by atoms with van der Waals surface area (Å²) in [5.41, 5.74) is 3.81. The lowest BCUT2D eigenvalue weighted by atomic mass is 9.70. The van der Waals surface area contributed by atoms with Crippen LogP contribution in [0.15, 0.2) is 18.2 Å². The van der Waals surface area contributed by atoms with E-state index in [1.165, 1.54) is 6.07 Å². The van der Waals surface area contributed by atoms with Gasteiger partial charge in [0.05, 0.1) is 6.04 Å². The van der Waals surface area contributed by atoms with Crippen molar-refractivity contribution in [3.63, 3.8) is 0 Å². The Kier molecular flexibility index (Phi) is 4.49. The van der Waals surface area contributed by atoms with Gasteiger partial charge in [-0.1, -0.05) is 31.5 Å². The summed E-state index contributed by atoms with van der Waals surface area (Å²) in [5, 5.41) is 0.418. The third-order valence-corrected chi connectivity index (χ3v) is 4.57. The number of hydrogen-bond acceptors (Lipinski definition) is 2. The zero-order valence-corrected chi connectivity index (χ0v) is 12.3. The fourth-order valence-corrected chi connectivity index (χ4v) is 3.15. The van der Waals surface area contributed by atoms with Crippen LogP contribution >= 0.6 is 11.6 Å². The second kappa shape index (κ2) is 5.78. The summed E-state index contributed by atoms with van der Waals surface area (Å²) in [5.74, 6) is 5.77. The molecule has 106 valence electrons. The first-order valence-electron chi connectivity index (χ1n) is 6.84. The zero-order valence-electron chi connectivity index (χ0n) is 11.5. The molecule has 0 aromatic heterocycles. The number of nitrogens with one attached hydrogen (secondary N) is 1. The molecule has 1 aromatic carbocycles. The maximum absolute atomic E-state index is 14.0. The van der Waals surface area contributed by atoms with Gasteiger partial charge in [0.2, 0.25) is 0 Å². The molecule has 0 amide bonds. The molecular formula is C15H22ClFN2. The second-order valence-electron chi connectivity index (χ2n) is 6.31. The highest BCUT2D eigenvalue weighted by molar-refractivity contribution is 6.30. The van der Waals surface area contributed by atoms with Gasteiger partial charge in [0.15, 0.2) is 0 Å². The third-order valence-electron chi connectivity index (χ3n) is 4.33. The normalized spacial score (nSPS) is 21.3. The molecule has 1 atom stereocenters. The summed E-state index contributed by atoms with van der Waals surface area (Å²) in [7, 11) is 0. The number of hydrazine groups is 1. The molecule has 0 heterocycles. The summed E-state index contributed by atoms with van der Waals surface area (Å²) < 4.78 is 14.0. The van der Waals surface area contributed by atoms with E-state index in [1.807, 2.05) is 0 Å². The molecule has 0 saturated heterocycles. The van der Waals surface area contributed by atoms with Crippen LogP contribution in [0, 0.1) is 17.2 Å². The van der Waals surface area contributed by atoms with Gasteiger partial charge in [-0.05, 0) is 49.1 Å². The van der Waals surface area contributed by atoms with Crippen molar-refractivity contribution >= 4 is 11.6 Å². The summed E-state index contributed by atoms with van der Waals surface area (Å²) in [6.45, 7) is 4.58. The molecule has 4 heteroatoms. The van der Waals surface area contributed by atoms with E-state index in [0.29, 0.717) is 21.9 Å². The Morgan fingerprint density at radius 2 is 2.00 bits per heavy atom. The highest BCUT2D eigenvalue weighted by atomic mass is 35.5. The Labute approximate surface area is 119 Å². The predicted molar refractivity (Wildman–Crippen MR) is 77.2 cm³/mol. The van der Waals surface area contributed by atoms with Crippen molar-refractivity contribution in [3.05, 3.63) is 34.6 Å². The topological polar surface area (TPSA) is 38.0 Å². The maximum atomic E-state index is 14.0. The van der Waals surface area contributed by atoms with Gasteiger partial charge in [0.1, 0.15) is 5.82 Å². The summed E-state index contributed by atoms with van der Waals surface area (Å²) in [4.78, 5) is 0. The summed E-state index contributed by atoms with van der Waals surface area (Å²) >= 11 is 5.80. The quantitative estimate of drug-likeness (QED) is 0.645. The molecule has 0 radical (unpaired) electrons. The van der Waals surface area contributed by atoms with Crippen molar-refractivity contribution < 1.29 is 4.39 Å². The van der Waals surface area contributed by atoms with Crippen LogP contribution in [0.2, 0.25) is 5.02 Å². The first-order valence-corrected chi connectivity index (χ1v) is 7.22. The standard InChI is InChI=1S/C15H22ClFN2/c1-15(2)7-5-10(6-8-15)14(19-18)12-4-3-11(16)9-13(12)17/h3-4,9-10,14,19H,5-8,18H2,1-2H3. The van der Waals surface area contributed by atoms with Gasteiger partial charge in [-0.25, -0.2) is 4.39 Å². The van der Waals surface area contributed by atoms with Gasteiger partial charge in [0, 0.05) is 10.6 Å². The minimum Gasteiger partial charge on any atom is -0.271 e. The average Bonchev–Trinajstić information content (AvgIpc) is 2.34. The lowest BCUT2D eigenvalue weighted by Gasteiger charge is -2.38. The fourth-order valence-electron chi connectivity index (χ4n) is 2.99. The number of benzene rings is 1. The van der Waals surface area contributed by atoms with Gasteiger partial charge in [-0.3, -0.25) is 11.3 Å². The van der Waals surface area contributed by atoms with Crippen LogP contribution in [-0.2, 0) is 0 Å². The van der Waals surface area contributed by atoms with Gasteiger partial charge in [-0.15, -0.1) is 0 Å². The lowest BCUT2D eigenvalue weighted by molar-refractivity contribution is 0.160. The maximum Gasteiger partial charge on any atom is 0.129 e. The van der Waals surface area contributed by atoms with E-state index < -0.39 is 0 Å². The number of hydrogen-bond donors (Lipinski definition) is 2. The summed E-state index contributed by atoms with van der Waals surface area (Å²) in [6, 6.07) is 4.68. The van der Waals surface area contributed by atoms with E-state index >= 15 is 0 Å². The Balaban J connectivity index is 2.16. The van der Waals surface area contributed by atoms with Crippen LogP contribution in [0.1, 0.15) is 51.1 Å². The number of rotatable bonds is 3. The molecule has 1 aromatic rings. The Morgan fingerprint density at radius 3 is 2.53 bits per heavy atom. The summed E-state index contributed by atoms with van der Waals surface area (Å²) in [6.07, 6.45) is 4.46. The van der Waals surface area contributed by atoms with Crippen molar-refractivity contribution in [2.45, 2.75) is 45.6 Å². The Hall–Kier alpha value is -0.640. The molecule has 2 rings (SSSR count). The van der Waals surface area contributed by atoms with E-state index in [0.717, 1.165) is 25.7 Å². The SMILES string of the molecule is CC1(C)CCC(C(NN)c2ccc(Cl)cc2F)CC1. The van der Waals surface area contributed by atoms with Gasteiger partial charge >= 0.3 is 0 Å². The first-order chi connectivity index (χ1) is 8.93. The molecule has 1 fully saturated rings. The molecule has 19 heavy (non-hydrogen) atoms.